The van der Waals surface area contributed by atoms with Crippen LogP contribution in [-0.2, 0) is 6.54 Å². The number of ether oxygens (including phenoxy) is 1. The number of aromatic nitrogens is 1. The predicted molar refractivity (Wildman–Crippen MR) is 80.6 cm³/mol. The highest BCUT2D eigenvalue weighted by atomic mass is 35.5. The highest BCUT2D eigenvalue weighted by Gasteiger charge is 2.20. The summed E-state index contributed by atoms with van der Waals surface area (Å²) in [5, 5.41) is 4.48. The van der Waals surface area contributed by atoms with Crippen LogP contribution in [0.3, 0.4) is 0 Å². The molecule has 0 spiro atoms. The van der Waals surface area contributed by atoms with Gasteiger partial charge >= 0.3 is 0 Å². The van der Waals surface area contributed by atoms with E-state index in [4.69, 9.17) is 27.9 Å². The molecule has 1 heterocycles. The van der Waals surface area contributed by atoms with Crippen LogP contribution in [0.1, 0.15) is 18.5 Å². The number of hydrogen-bond donors (Lipinski definition) is 1. The first-order valence-electron chi connectivity index (χ1n) is 6.53. The van der Waals surface area contributed by atoms with Crippen LogP contribution in [0.5, 0.6) is 11.6 Å². The van der Waals surface area contributed by atoms with Crippen LogP contribution in [0.2, 0.25) is 10.0 Å². The molecule has 1 aromatic carbocycles. The molecule has 0 unspecified atom stereocenters. The zero-order valence-electron chi connectivity index (χ0n) is 10.8. The van der Waals surface area contributed by atoms with Crippen molar-refractivity contribution in [2.75, 3.05) is 0 Å². The van der Waals surface area contributed by atoms with Gasteiger partial charge in [-0.15, -0.1) is 0 Å². The van der Waals surface area contributed by atoms with Gasteiger partial charge in [-0.3, -0.25) is 0 Å². The van der Waals surface area contributed by atoms with E-state index in [2.05, 4.69) is 10.3 Å². The van der Waals surface area contributed by atoms with Crippen molar-refractivity contribution in [3.8, 4) is 11.6 Å². The summed E-state index contributed by atoms with van der Waals surface area (Å²) in [4.78, 5) is 4.45. The third-order valence-electron chi connectivity index (χ3n) is 3.04. The standard InChI is InChI=1S/C15H14Cl2N2O/c16-10-4-7-14(13(17)8-10)20-15-3-1-2-12(19-15)9-18-11-5-6-11/h1-4,7-8,11,18H,5-6,9H2. The molecule has 3 nitrogen and oxygen atoms in total. The van der Waals surface area contributed by atoms with Crippen molar-refractivity contribution in [2.24, 2.45) is 0 Å². The van der Waals surface area contributed by atoms with Crippen LogP contribution >= 0.6 is 23.2 Å². The van der Waals surface area contributed by atoms with E-state index in [1.807, 2.05) is 18.2 Å². The Bertz CT molecular complexity index is 615. The maximum atomic E-state index is 6.08. The summed E-state index contributed by atoms with van der Waals surface area (Å²) in [6.07, 6.45) is 2.52. The van der Waals surface area contributed by atoms with E-state index in [0.717, 1.165) is 12.2 Å². The van der Waals surface area contributed by atoms with Gasteiger partial charge in [0.25, 0.3) is 0 Å². The maximum absolute atomic E-state index is 6.08. The van der Waals surface area contributed by atoms with Crippen molar-refractivity contribution in [1.82, 2.24) is 10.3 Å². The molecule has 1 fully saturated rings. The van der Waals surface area contributed by atoms with Crippen LogP contribution in [-0.4, -0.2) is 11.0 Å². The van der Waals surface area contributed by atoms with E-state index in [1.54, 1.807) is 18.2 Å². The Hall–Kier alpha value is -1.29. The SMILES string of the molecule is Clc1ccc(Oc2cccc(CNC3CC3)n2)c(Cl)c1. The lowest BCUT2D eigenvalue weighted by molar-refractivity contribution is 0.459. The van der Waals surface area contributed by atoms with Gasteiger partial charge in [0.15, 0.2) is 0 Å². The zero-order valence-corrected chi connectivity index (χ0v) is 12.3. The van der Waals surface area contributed by atoms with Gasteiger partial charge < -0.3 is 10.1 Å². The lowest BCUT2D eigenvalue weighted by Crippen LogP contribution is -2.16. The van der Waals surface area contributed by atoms with Gasteiger partial charge in [0.2, 0.25) is 5.88 Å². The number of nitrogens with zero attached hydrogens (tertiary/aromatic N) is 1. The third kappa shape index (κ3) is 3.63. The Balaban J connectivity index is 1.70. The van der Waals surface area contributed by atoms with Crippen LogP contribution in [0.15, 0.2) is 36.4 Å². The van der Waals surface area contributed by atoms with Crippen molar-refractivity contribution in [3.63, 3.8) is 0 Å². The van der Waals surface area contributed by atoms with E-state index in [0.29, 0.717) is 27.7 Å². The second-order valence-electron chi connectivity index (χ2n) is 4.80. The fourth-order valence-electron chi connectivity index (χ4n) is 1.82. The molecule has 0 radical (unpaired) electrons. The number of benzene rings is 1. The van der Waals surface area contributed by atoms with Crippen LogP contribution in [0, 0.1) is 0 Å². The Morgan fingerprint density at radius 3 is 2.80 bits per heavy atom. The van der Waals surface area contributed by atoms with Gasteiger partial charge in [0.05, 0.1) is 10.7 Å². The maximum Gasteiger partial charge on any atom is 0.219 e. The number of hydrogen-bond acceptors (Lipinski definition) is 3. The molecule has 1 aromatic heterocycles. The molecule has 0 atom stereocenters. The van der Waals surface area contributed by atoms with E-state index in [9.17, 15) is 0 Å². The van der Waals surface area contributed by atoms with Crippen molar-refractivity contribution in [1.29, 1.82) is 0 Å². The first-order chi connectivity index (χ1) is 9.70. The summed E-state index contributed by atoms with van der Waals surface area (Å²) in [6, 6.07) is 11.5. The van der Waals surface area contributed by atoms with Crippen LogP contribution in [0.4, 0.5) is 0 Å². The smallest absolute Gasteiger partial charge is 0.219 e. The molecule has 5 heteroatoms. The zero-order chi connectivity index (χ0) is 13.9. The molecule has 0 bridgehead atoms. The minimum Gasteiger partial charge on any atom is -0.437 e. The molecule has 1 aliphatic carbocycles. The number of rotatable bonds is 5. The Kier molecular flexibility index (Phi) is 4.10. The van der Waals surface area contributed by atoms with Crippen molar-refractivity contribution in [2.45, 2.75) is 25.4 Å². The van der Waals surface area contributed by atoms with E-state index in [1.165, 1.54) is 12.8 Å². The highest BCUT2D eigenvalue weighted by Crippen LogP contribution is 2.30. The van der Waals surface area contributed by atoms with E-state index < -0.39 is 0 Å². The molecule has 0 aliphatic heterocycles. The summed E-state index contributed by atoms with van der Waals surface area (Å²) >= 11 is 11.9. The molecule has 1 aliphatic rings. The minimum atomic E-state index is 0.473. The third-order valence-corrected chi connectivity index (χ3v) is 3.57. The quantitative estimate of drug-likeness (QED) is 0.887. The van der Waals surface area contributed by atoms with Crippen molar-refractivity contribution in [3.05, 3.63) is 52.1 Å². The van der Waals surface area contributed by atoms with Crippen molar-refractivity contribution >= 4 is 23.2 Å². The molecule has 104 valence electrons. The fourth-order valence-corrected chi connectivity index (χ4v) is 2.27. The van der Waals surface area contributed by atoms with Crippen molar-refractivity contribution < 1.29 is 4.74 Å². The lowest BCUT2D eigenvalue weighted by Gasteiger charge is -2.08. The van der Waals surface area contributed by atoms with Gasteiger partial charge in [0, 0.05) is 23.7 Å². The first kappa shape index (κ1) is 13.7. The number of halogens is 2. The molecule has 2 aromatic rings. The predicted octanol–water partition coefficient (Wildman–Crippen LogP) is 4.43. The van der Waals surface area contributed by atoms with E-state index >= 15 is 0 Å². The molecule has 0 saturated heterocycles. The summed E-state index contributed by atoms with van der Waals surface area (Å²) in [7, 11) is 0. The Morgan fingerprint density at radius 2 is 2.05 bits per heavy atom. The van der Waals surface area contributed by atoms with Gasteiger partial charge in [0.1, 0.15) is 5.75 Å². The molecule has 20 heavy (non-hydrogen) atoms. The highest BCUT2D eigenvalue weighted by molar-refractivity contribution is 6.35. The lowest BCUT2D eigenvalue weighted by atomic mass is 10.3. The Morgan fingerprint density at radius 1 is 1.20 bits per heavy atom. The number of pyridine rings is 1. The average Bonchev–Trinajstić information content (AvgIpc) is 3.24. The van der Waals surface area contributed by atoms with Crippen LogP contribution < -0.4 is 10.1 Å². The molecule has 3 rings (SSSR count). The van der Waals surface area contributed by atoms with Gasteiger partial charge in [-0.25, -0.2) is 4.98 Å². The van der Waals surface area contributed by atoms with E-state index in [-0.39, 0.29) is 0 Å². The molecule has 1 saturated carbocycles. The summed E-state index contributed by atoms with van der Waals surface area (Å²) in [6.45, 7) is 0.760. The first-order valence-corrected chi connectivity index (χ1v) is 7.28. The van der Waals surface area contributed by atoms with Gasteiger partial charge in [-0.1, -0.05) is 29.3 Å². The minimum absolute atomic E-state index is 0.473. The summed E-state index contributed by atoms with van der Waals surface area (Å²) < 4.78 is 5.70. The molecular weight excluding hydrogens is 295 g/mol. The van der Waals surface area contributed by atoms with Crippen LogP contribution in [0.25, 0.3) is 0 Å². The molecular formula is C15H14Cl2N2O. The molecule has 1 N–H and O–H groups in total. The largest absolute Gasteiger partial charge is 0.437 e. The molecule has 0 amide bonds. The normalized spacial score (nSPS) is 14.3. The summed E-state index contributed by atoms with van der Waals surface area (Å²) in [5.74, 6) is 1.08. The van der Waals surface area contributed by atoms with Gasteiger partial charge in [-0.05, 0) is 37.1 Å². The summed E-state index contributed by atoms with van der Waals surface area (Å²) in [5.41, 5.74) is 0.958. The topological polar surface area (TPSA) is 34.1 Å². The number of nitrogens with one attached hydrogen (secondary N) is 1. The Labute approximate surface area is 127 Å². The average molecular weight is 309 g/mol. The van der Waals surface area contributed by atoms with Gasteiger partial charge in [-0.2, -0.15) is 0 Å². The fraction of sp³-hybridized carbons (Fsp3) is 0.267. The second kappa shape index (κ2) is 6.00. The second-order valence-corrected chi connectivity index (χ2v) is 5.64. The monoisotopic (exact) mass is 308 g/mol.